The van der Waals surface area contributed by atoms with Gasteiger partial charge >= 0.3 is 6.61 Å². The molecule has 1 aromatic heterocycles. The van der Waals surface area contributed by atoms with E-state index in [4.69, 9.17) is 0 Å². The number of rotatable bonds is 3. The lowest BCUT2D eigenvalue weighted by molar-refractivity contribution is -0.167. The van der Waals surface area contributed by atoms with E-state index in [2.05, 4.69) is 30.6 Å². The topological polar surface area (TPSA) is 38.2 Å². The van der Waals surface area contributed by atoms with Crippen LogP contribution in [0, 0.1) is 0 Å². The summed E-state index contributed by atoms with van der Waals surface area (Å²) in [5, 5.41) is 0. The molecule has 0 radical (unpaired) electrons. The van der Waals surface area contributed by atoms with Gasteiger partial charge in [0.1, 0.15) is 10.4 Å². The first-order chi connectivity index (χ1) is 7.15. The van der Waals surface area contributed by atoms with Gasteiger partial charge in [-0.2, -0.15) is 8.78 Å². The first-order valence-electron chi connectivity index (χ1n) is 4.31. The van der Waals surface area contributed by atoms with Crippen molar-refractivity contribution in [2.45, 2.75) is 12.7 Å². The Kier molecular flexibility index (Phi) is 3.11. The van der Waals surface area contributed by atoms with Gasteiger partial charge < -0.3 is 9.64 Å². The predicted molar refractivity (Wildman–Crippen MR) is 52.8 cm³/mol. The fourth-order valence-corrected chi connectivity index (χ4v) is 1.53. The number of hydrogen-bond acceptors (Lipinski definition) is 4. The summed E-state index contributed by atoms with van der Waals surface area (Å²) in [4.78, 5) is 9.90. The van der Waals surface area contributed by atoms with Crippen LogP contribution in [0.2, 0.25) is 0 Å². The monoisotopic (exact) mass is 279 g/mol. The zero-order chi connectivity index (χ0) is 10.8. The minimum Gasteiger partial charge on any atom is -0.350 e. The summed E-state index contributed by atoms with van der Waals surface area (Å²) in [6, 6.07) is 0. The van der Waals surface area contributed by atoms with Gasteiger partial charge in [0.15, 0.2) is 0 Å². The van der Waals surface area contributed by atoms with Gasteiger partial charge in [0.05, 0.1) is 18.5 Å². The molecular weight excluding hydrogens is 272 g/mol. The smallest absolute Gasteiger partial charge is 0.345 e. The number of ether oxygens (including phenoxy) is 1. The molecule has 2 heterocycles. The highest BCUT2D eigenvalue weighted by Crippen LogP contribution is 2.21. The van der Waals surface area contributed by atoms with Gasteiger partial charge in [0.25, 0.3) is 0 Å². The Morgan fingerprint density at radius 1 is 1.40 bits per heavy atom. The molecule has 7 heteroatoms. The highest BCUT2D eigenvalue weighted by atomic mass is 79.9. The Morgan fingerprint density at radius 3 is 2.67 bits per heavy atom. The molecule has 2 rings (SSSR count). The Hall–Kier alpha value is -0.820. The number of anilines is 1. The highest BCUT2D eigenvalue weighted by Gasteiger charge is 2.30. The van der Waals surface area contributed by atoms with Crippen LogP contribution in [-0.2, 0) is 4.74 Å². The van der Waals surface area contributed by atoms with E-state index in [0.717, 1.165) is 0 Å². The summed E-state index contributed by atoms with van der Waals surface area (Å²) in [7, 11) is 0. The summed E-state index contributed by atoms with van der Waals surface area (Å²) in [6.45, 7) is -1.84. The number of hydrogen-bond donors (Lipinski definition) is 0. The van der Waals surface area contributed by atoms with Crippen molar-refractivity contribution >= 4 is 21.7 Å². The molecule has 0 bridgehead atoms. The van der Waals surface area contributed by atoms with Crippen molar-refractivity contribution in [2.75, 3.05) is 18.0 Å². The van der Waals surface area contributed by atoms with Crippen molar-refractivity contribution < 1.29 is 13.5 Å². The molecule has 1 saturated heterocycles. The van der Waals surface area contributed by atoms with Crippen molar-refractivity contribution in [3.63, 3.8) is 0 Å². The summed E-state index contributed by atoms with van der Waals surface area (Å²) in [6.07, 6.45) is 2.75. The maximum Gasteiger partial charge on any atom is 0.345 e. The summed E-state index contributed by atoms with van der Waals surface area (Å²) >= 11 is 3.16. The Morgan fingerprint density at radius 2 is 2.13 bits per heavy atom. The van der Waals surface area contributed by atoms with E-state index in [9.17, 15) is 8.78 Å². The molecule has 1 aromatic rings. The lowest BCUT2D eigenvalue weighted by atomic mass is 10.2. The molecule has 82 valence electrons. The van der Waals surface area contributed by atoms with E-state index >= 15 is 0 Å². The van der Waals surface area contributed by atoms with Gasteiger partial charge in [0.2, 0.25) is 0 Å². The molecule has 15 heavy (non-hydrogen) atoms. The molecule has 0 unspecified atom stereocenters. The van der Waals surface area contributed by atoms with E-state index in [-0.39, 0.29) is 0 Å². The van der Waals surface area contributed by atoms with E-state index in [1.54, 1.807) is 12.4 Å². The molecule has 0 N–H and O–H groups in total. The SMILES string of the molecule is FC(F)OC1CN(c2cnc(Br)cn2)C1. The number of alkyl halides is 2. The van der Waals surface area contributed by atoms with E-state index in [0.29, 0.717) is 23.5 Å². The molecule has 1 aliphatic rings. The Balaban J connectivity index is 1.86. The fourth-order valence-electron chi connectivity index (χ4n) is 1.33. The molecule has 0 atom stereocenters. The highest BCUT2D eigenvalue weighted by molar-refractivity contribution is 9.10. The standard InChI is InChI=1S/C8H8BrF2N3O/c9-6-1-13-7(2-12-6)14-3-5(4-14)15-8(10)11/h1-2,5,8H,3-4H2. The normalized spacial score (nSPS) is 16.9. The second kappa shape index (κ2) is 4.36. The quantitative estimate of drug-likeness (QED) is 0.844. The second-order valence-corrected chi connectivity index (χ2v) is 3.93. The predicted octanol–water partition coefficient (Wildman–Crippen LogP) is 1.67. The van der Waals surface area contributed by atoms with Gasteiger partial charge in [-0.15, -0.1) is 0 Å². The second-order valence-electron chi connectivity index (χ2n) is 3.12. The van der Waals surface area contributed by atoms with Crippen molar-refractivity contribution in [1.82, 2.24) is 9.97 Å². The molecule has 1 aliphatic heterocycles. The van der Waals surface area contributed by atoms with Gasteiger partial charge in [-0.3, -0.25) is 0 Å². The largest absolute Gasteiger partial charge is 0.350 e. The van der Waals surface area contributed by atoms with E-state index in [1.165, 1.54) is 0 Å². The van der Waals surface area contributed by atoms with Gasteiger partial charge in [-0.25, -0.2) is 9.97 Å². The zero-order valence-corrected chi connectivity index (χ0v) is 9.19. The molecule has 0 saturated carbocycles. The summed E-state index contributed by atoms with van der Waals surface area (Å²) < 4.78 is 28.6. The van der Waals surface area contributed by atoms with Crippen LogP contribution >= 0.6 is 15.9 Å². The first kappa shape index (κ1) is 10.7. The maximum absolute atomic E-state index is 11.8. The summed E-state index contributed by atoms with van der Waals surface area (Å²) in [5.74, 6) is 0.673. The van der Waals surface area contributed by atoms with Crippen LogP contribution in [0.5, 0.6) is 0 Å². The number of nitrogens with zero attached hydrogens (tertiary/aromatic N) is 3. The lowest BCUT2D eigenvalue weighted by Gasteiger charge is -2.39. The minimum atomic E-state index is -2.70. The van der Waals surface area contributed by atoms with Crippen LogP contribution in [0.3, 0.4) is 0 Å². The van der Waals surface area contributed by atoms with Crippen molar-refractivity contribution in [1.29, 1.82) is 0 Å². The van der Waals surface area contributed by atoms with Gasteiger partial charge in [-0.1, -0.05) is 0 Å². The van der Waals surface area contributed by atoms with Crippen LogP contribution in [0.1, 0.15) is 0 Å². The third-order valence-corrected chi connectivity index (χ3v) is 2.48. The molecule has 0 spiro atoms. The van der Waals surface area contributed by atoms with E-state index < -0.39 is 12.7 Å². The lowest BCUT2D eigenvalue weighted by Crippen LogP contribution is -2.53. The number of aromatic nitrogens is 2. The third kappa shape index (κ3) is 2.60. The van der Waals surface area contributed by atoms with Crippen LogP contribution in [0.15, 0.2) is 17.0 Å². The van der Waals surface area contributed by atoms with Gasteiger partial charge in [0, 0.05) is 13.1 Å². The van der Waals surface area contributed by atoms with Crippen LogP contribution in [-0.4, -0.2) is 35.8 Å². The van der Waals surface area contributed by atoms with Crippen LogP contribution in [0.25, 0.3) is 0 Å². The number of halogens is 3. The average Bonchev–Trinajstić information content (AvgIpc) is 2.12. The molecule has 1 fully saturated rings. The van der Waals surface area contributed by atoms with Crippen LogP contribution < -0.4 is 4.90 Å². The zero-order valence-electron chi connectivity index (χ0n) is 7.61. The fraction of sp³-hybridized carbons (Fsp3) is 0.500. The average molecular weight is 280 g/mol. The summed E-state index contributed by atoms with van der Waals surface area (Å²) in [5.41, 5.74) is 0. The molecule has 0 aromatic carbocycles. The molecule has 4 nitrogen and oxygen atoms in total. The van der Waals surface area contributed by atoms with Crippen molar-refractivity contribution in [3.8, 4) is 0 Å². The van der Waals surface area contributed by atoms with E-state index in [1.807, 2.05) is 4.90 Å². The Labute approximate surface area is 93.4 Å². The molecule has 0 aliphatic carbocycles. The molecular formula is C8H8BrF2N3O. The third-order valence-electron chi connectivity index (χ3n) is 2.07. The maximum atomic E-state index is 11.8. The van der Waals surface area contributed by atoms with Crippen LogP contribution in [0.4, 0.5) is 14.6 Å². The van der Waals surface area contributed by atoms with Gasteiger partial charge in [-0.05, 0) is 15.9 Å². The first-order valence-corrected chi connectivity index (χ1v) is 5.10. The van der Waals surface area contributed by atoms with Crippen molar-refractivity contribution in [3.05, 3.63) is 17.0 Å². The Bertz CT molecular complexity index is 329. The minimum absolute atomic E-state index is 0.407. The molecule has 0 amide bonds. The van der Waals surface area contributed by atoms with Crippen molar-refractivity contribution in [2.24, 2.45) is 0 Å².